The molecular weight excluding hydrogens is 360 g/mol. The first-order valence-corrected chi connectivity index (χ1v) is 10.4. The highest BCUT2D eigenvalue weighted by Gasteiger charge is 2.48. The van der Waals surface area contributed by atoms with Crippen LogP contribution in [0.5, 0.6) is 0 Å². The molecule has 1 atom stereocenters. The van der Waals surface area contributed by atoms with E-state index in [4.69, 9.17) is 0 Å². The number of carbonyl (C=O) groups excluding carboxylic acids is 2. The molecule has 0 aromatic carbocycles. The first-order valence-electron chi connectivity index (χ1n) is 10.4. The summed E-state index contributed by atoms with van der Waals surface area (Å²) in [5.41, 5.74) is 5.03. The Balaban J connectivity index is 3.61. The SMILES string of the molecule is CC(C)=CCC(CC1(CC=C(C)C)C(=O)CC(=O)C(CC=C(C)C)=C1O)=C(C)C. The van der Waals surface area contributed by atoms with Gasteiger partial charge in [0.15, 0.2) is 11.6 Å². The van der Waals surface area contributed by atoms with E-state index in [1.54, 1.807) is 0 Å². The van der Waals surface area contributed by atoms with Crippen LogP contribution in [0.15, 0.2) is 57.4 Å². The fraction of sp³-hybridized carbons (Fsp3) is 0.538. The molecule has 29 heavy (non-hydrogen) atoms. The Morgan fingerprint density at radius 3 is 1.93 bits per heavy atom. The highest BCUT2D eigenvalue weighted by Crippen LogP contribution is 2.46. The van der Waals surface area contributed by atoms with E-state index in [2.05, 4.69) is 19.9 Å². The van der Waals surface area contributed by atoms with Gasteiger partial charge in [0.2, 0.25) is 0 Å². The van der Waals surface area contributed by atoms with Crippen LogP contribution in [0.3, 0.4) is 0 Å². The van der Waals surface area contributed by atoms with Gasteiger partial charge in [0.25, 0.3) is 0 Å². The van der Waals surface area contributed by atoms with Gasteiger partial charge in [0, 0.05) is 5.57 Å². The van der Waals surface area contributed by atoms with Gasteiger partial charge in [-0.3, -0.25) is 9.59 Å². The molecule has 0 aromatic heterocycles. The molecule has 3 heteroatoms. The Hall–Kier alpha value is -2.16. The number of Topliss-reactive ketones (excluding diaryl/α,β-unsaturated/α-hetero) is 2. The largest absolute Gasteiger partial charge is 0.511 e. The molecule has 0 aromatic rings. The minimum Gasteiger partial charge on any atom is -0.511 e. The molecule has 0 fully saturated rings. The summed E-state index contributed by atoms with van der Waals surface area (Å²) < 4.78 is 0. The second-order valence-electron chi connectivity index (χ2n) is 9.17. The highest BCUT2D eigenvalue weighted by molar-refractivity contribution is 6.14. The van der Waals surface area contributed by atoms with E-state index in [-0.39, 0.29) is 23.7 Å². The molecule has 1 aliphatic carbocycles. The number of hydrogen-bond acceptors (Lipinski definition) is 3. The minimum absolute atomic E-state index is 0.0234. The zero-order chi connectivity index (χ0) is 22.4. The second kappa shape index (κ2) is 10.6. The van der Waals surface area contributed by atoms with Crippen molar-refractivity contribution in [1.82, 2.24) is 0 Å². The van der Waals surface area contributed by atoms with Crippen LogP contribution >= 0.6 is 0 Å². The molecule has 0 spiro atoms. The summed E-state index contributed by atoms with van der Waals surface area (Å²) in [7, 11) is 0. The van der Waals surface area contributed by atoms with Crippen molar-refractivity contribution in [2.45, 2.75) is 87.5 Å². The third kappa shape index (κ3) is 6.69. The van der Waals surface area contributed by atoms with E-state index in [0.29, 0.717) is 24.8 Å². The van der Waals surface area contributed by atoms with Gasteiger partial charge in [-0.25, -0.2) is 0 Å². The lowest BCUT2D eigenvalue weighted by molar-refractivity contribution is -0.134. The molecule has 1 rings (SSSR count). The van der Waals surface area contributed by atoms with Gasteiger partial charge in [0.1, 0.15) is 5.76 Å². The molecule has 1 aliphatic rings. The number of hydrogen-bond donors (Lipinski definition) is 1. The van der Waals surface area contributed by atoms with Crippen molar-refractivity contribution in [3.63, 3.8) is 0 Å². The number of ketones is 2. The molecule has 0 saturated heterocycles. The Labute approximate surface area is 177 Å². The molecule has 0 bridgehead atoms. The number of rotatable bonds is 8. The summed E-state index contributed by atoms with van der Waals surface area (Å²) in [5, 5.41) is 11.3. The predicted molar refractivity (Wildman–Crippen MR) is 122 cm³/mol. The van der Waals surface area contributed by atoms with Gasteiger partial charge in [-0.2, -0.15) is 0 Å². The maximum Gasteiger partial charge on any atom is 0.169 e. The lowest BCUT2D eigenvalue weighted by Gasteiger charge is -2.36. The Kier molecular flexibility index (Phi) is 9.07. The van der Waals surface area contributed by atoms with E-state index < -0.39 is 5.41 Å². The molecule has 160 valence electrons. The predicted octanol–water partition coefficient (Wildman–Crippen LogP) is 7.12. The van der Waals surface area contributed by atoms with E-state index in [0.717, 1.165) is 28.7 Å². The van der Waals surface area contributed by atoms with E-state index in [1.165, 1.54) is 5.57 Å². The first kappa shape index (κ1) is 24.9. The molecule has 1 unspecified atom stereocenters. The maximum atomic E-state index is 13.2. The van der Waals surface area contributed by atoms with Crippen LogP contribution < -0.4 is 0 Å². The summed E-state index contributed by atoms with van der Waals surface area (Å²) in [6.07, 6.45) is 7.94. The summed E-state index contributed by atoms with van der Waals surface area (Å²) >= 11 is 0. The average molecular weight is 399 g/mol. The van der Waals surface area contributed by atoms with Gasteiger partial charge in [-0.05, 0) is 81.1 Å². The first-order chi connectivity index (χ1) is 13.4. The highest BCUT2D eigenvalue weighted by atomic mass is 16.3. The number of carbonyl (C=O) groups is 2. The third-order valence-electron chi connectivity index (χ3n) is 5.48. The number of aliphatic hydroxyl groups excluding tert-OH is 1. The molecule has 0 aliphatic heterocycles. The van der Waals surface area contributed by atoms with Crippen molar-refractivity contribution in [2.24, 2.45) is 5.41 Å². The second-order valence-corrected chi connectivity index (χ2v) is 9.17. The van der Waals surface area contributed by atoms with Crippen LogP contribution in [0.2, 0.25) is 0 Å². The zero-order valence-electron chi connectivity index (χ0n) is 19.5. The van der Waals surface area contributed by atoms with Gasteiger partial charge in [-0.15, -0.1) is 0 Å². The Bertz CT molecular complexity index is 799. The normalized spacial score (nSPS) is 19.0. The van der Waals surface area contributed by atoms with Crippen molar-refractivity contribution in [1.29, 1.82) is 0 Å². The van der Waals surface area contributed by atoms with Crippen LogP contribution in [0.25, 0.3) is 0 Å². The zero-order valence-corrected chi connectivity index (χ0v) is 19.5. The van der Waals surface area contributed by atoms with Gasteiger partial charge >= 0.3 is 0 Å². The minimum atomic E-state index is -1.06. The van der Waals surface area contributed by atoms with Gasteiger partial charge in [-0.1, -0.05) is 46.1 Å². The van der Waals surface area contributed by atoms with Crippen LogP contribution in [0.1, 0.15) is 87.5 Å². The van der Waals surface area contributed by atoms with Crippen molar-refractivity contribution in [2.75, 3.05) is 0 Å². The summed E-state index contributed by atoms with van der Waals surface area (Å²) in [4.78, 5) is 25.8. The summed E-state index contributed by atoms with van der Waals surface area (Å²) in [5.74, 6) is -0.444. The van der Waals surface area contributed by atoms with Crippen LogP contribution in [0, 0.1) is 5.41 Å². The summed E-state index contributed by atoms with van der Waals surface area (Å²) in [6, 6.07) is 0. The average Bonchev–Trinajstić information content (AvgIpc) is 2.59. The molecule has 0 saturated carbocycles. The van der Waals surface area contributed by atoms with E-state index in [1.807, 2.05) is 53.7 Å². The van der Waals surface area contributed by atoms with Crippen molar-refractivity contribution >= 4 is 11.6 Å². The molecule has 3 nitrogen and oxygen atoms in total. The molecule has 0 heterocycles. The van der Waals surface area contributed by atoms with Crippen molar-refractivity contribution in [3.05, 3.63) is 57.4 Å². The maximum absolute atomic E-state index is 13.2. The standard InChI is InChI=1S/C26H38O3/c1-17(2)9-11-21(20(7)8)16-26(14-13-19(5)6)24(28)15-23(27)22(25(26)29)12-10-18(3)4/h9-10,13,29H,11-12,14-16H2,1-8H3. The molecule has 0 amide bonds. The van der Waals surface area contributed by atoms with Crippen LogP contribution in [0.4, 0.5) is 0 Å². The lowest BCUT2D eigenvalue weighted by Crippen LogP contribution is -2.40. The van der Waals surface area contributed by atoms with E-state index >= 15 is 0 Å². The monoisotopic (exact) mass is 398 g/mol. The quantitative estimate of drug-likeness (QED) is 0.350. The fourth-order valence-electron chi connectivity index (χ4n) is 3.48. The van der Waals surface area contributed by atoms with Crippen molar-refractivity contribution in [3.8, 4) is 0 Å². The van der Waals surface area contributed by atoms with Crippen LogP contribution in [-0.4, -0.2) is 16.7 Å². The Morgan fingerprint density at radius 2 is 1.45 bits per heavy atom. The van der Waals surface area contributed by atoms with E-state index in [9.17, 15) is 14.7 Å². The summed E-state index contributed by atoms with van der Waals surface area (Å²) in [6.45, 7) is 16.1. The fourth-order valence-corrected chi connectivity index (χ4v) is 3.48. The third-order valence-corrected chi connectivity index (χ3v) is 5.48. The molecular formula is C26H38O3. The number of allylic oxidation sites excluding steroid dienone is 10. The smallest absolute Gasteiger partial charge is 0.169 e. The van der Waals surface area contributed by atoms with Gasteiger partial charge < -0.3 is 5.11 Å². The Morgan fingerprint density at radius 1 is 0.897 bits per heavy atom. The van der Waals surface area contributed by atoms with Crippen LogP contribution in [-0.2, 0) is 9.59 Å². The molecule has 0 radical (unpaired) electrons. The number of aliphatic hydroxyl groups is 1. The van der Waals surface area contributed by atoms with Crippen molar-refractivity contribution < 1.29 is 14.7 Å². The van der Waals surface area contributed by atoms with Gasteiger partial charge in [0.05, 0.1) is 11.8 Å². The molecule has 1 N–H and O–H groups in total. The topological polar surface area (TPSA) is 54.4 Å². The lowest BCUT2D eigenvalue weighted by atomic mass is 9.66.